The highest BCUT2D eigenvalue weighted by Crippen LogP contribution is 2.28. The van der Waals surface area contributed by atoms with E-state index < -0.39 is 5.25 Å². The Morgan fingerprint density at radius 3 is 2.28 bits per heavy atom. The van der Waals surface area contributed by atoms with Crippen LogP contribution in [0.25, 0.3) is 11.4 Å². The Kier molecular flexibility index (Phi) is 8.26. The Bertz CT molecular complexity index is 1070. The minimum Gasteiger partial charge on any atom is -0.383 e. The van der Waals surface area contributed by atoms with E-state index in [4.69, 9.17) is 16.3 Å². The molecule has 0 bridgehead atoms. The van der Waals surface area contributed by atoms with E-state index in [0.29, 0.717) is 40.5 Å². The first kappa shape index (κ1) is 23.8. The second-order valence-electron chi connectivity index (χ2n) is 6.97. The molecule has 3 rings (SSSR count). The normalized spacial score (nSPS) is 11.8. The van der Waals surface area contributed by atoms with Gasteiger partial charge in [-0.05, 0) is 55.5 Å². The third kappa shape index (κ3) is 6.32. The van der Waals surface area contributed by atoms with Gasteiger partial charge in [0, 0.05) is 36.0 Å². The first-order valence-electron chi connectivity index (χ1n) is 9.90. The molecule has 8 nitrogen and oxygen atoms in total. The van der Waals surface area contributed by atoms with Crippen LogP contribution in [-0.4, -0.2) is 45.5 Å². The molecule has 0 aliphatic heterocycles. The molecule has 2 N–H and O–H groups in total. The van der Waals surface area contributed by atoms with Gasteiger partial charge in [0.2, 0.25) is 11.8 Å². The summed E-state index contributed by atoms with van der Waals surface area (Å²) in [5.41, 5.74) is 2.18. The molecule has 2 amide bonds. The van der Waals surface area contributed by atoms with Crippen molar-refractivity contribution in [1.29, 1.82) is 0 Å². The summed E-state index contributed by atoms with van der Waals surface area (Å²) in [4.78, 5) is 23.8. The van der Waals surface area contributed by atoms with Gasteiger partial charge < -0.3 is 15.4 Å². The number of nitrogens with one attached hydrogen (secondary N) is 2. The Morgan fingerprint density at radius 2 is 1.69 bits per heavy atom. The van der Waals surface area contributed by atoms with Crippen LogP contribution in [0.4, 0.5) is 11.4 Å². The van der Waals surface area contributed by atoms with E-state index >= 15 is 0 Å². The second kappa shape index (κ2) is 11.1. The van der Waals surface area contributed by atoms with Crippen LogP contribution in [0.2, 0.25) is 5.02 Å². The van der Waals surface area contributed by atoms with Crippen molar-refractivity contribution in [3.63, 3.8) is 0 Å². The molecule has 1 atom stereocenters. The molecule has 10 heteroatoms. The number of thioether (sulfide) groups is 1. The first-order valence-corrected chi connectivity index (χ1v) is 11.2. The summed E-state index contributed by atoms with van der Waals surface area (Å²) in [6.07, 6.45) is 0. The number of rotatable bonds is 9. The number of methoxy groups -OCH3 is 1. The highest BCUT2D eigenvalue weighted by Gasteiger charge is 2.21. The largest absolute Gasteiger partial charge is 0.383 e. The fourth-order valence-electron chi connectivity index (χ4n) is 2.87. The van der Waals surface area contributed by atoms with E-state index in [-0.39, 0.29) is 11.8 Å². The molecule has 0 saturated heterocycles. The summed E-state index contributed by atoms with van der Waals surface area (Å²) in [6.45, 7) is 4.28. The average Bonchev–Trinajstić information content (AvgIpc) is 3.16. The highest BCUT2D eigenvalue weighted by molar-refractivity contribution is 8.00. The van der Waals surface area contributed by atoms with Gasteiger partial charge in [0.05, 0.1) is 18.4 Å². The van der Waals surface area contributed by atoms with E-state index in [9.17, 15) is 9.59 Å². The van der Waals surface area contributed by atoms with Gasteiger partial charge in [-0.3, -0.25) is 14.2 Å². The second-order valence-corrected chi connectivity index (χ2v) is 8.71. The van der Waals surface area contributed by atoms with E-state index in [1.165, 1.54) is 18.7 Å². The third-order valence-corrected chi connectivity index (χ3v) is 5.79. The van der Waals surface area contributed by atoms with E-state index in [1.54, 1.807) is 43.5 Å². The van der Waals surface area contributed by atoms with Gasteiger partial charge in [-0.2, -0.15) is 0 Å². The quantitative estimate of drug-likeness (QED) is 0.449. The predicted molar refractivity (Wildman–Crippen MR) is 127 cm³/mol. The molecule has 0 fully saturated rings. The van der Waals surface area contributed by atoms with Crippen molar-refractivity contribution in [2.24, 2.45) is 0 Å². The summed E-state index contributed by atoms with van der Waals surface area (Å²) in [5, 5.41) is 15.0. The fraction of sp³-hybridized carbons (Fsp3) is 0.273. The molecule has 0 saturated carbocycles. The van der Waals surface area contributed by atoms with Crippen molar-refractivity contribution in [1.82, 2.24) is 14.8 Å². The lowest BCUT2D eigenvalue weighted by Gasteiger charge is -2.14. The van der Waals surface area contributed by atoms with Gasteiger partial charge in [-0.25, -0.2) is 0 Å². The smallest absolute Gasteiger partial charge is 0.237 e. The number of aromatic nitrogens is 3. The maximum atomic E-state index is 12.7. The van der Waals surface area contributed by atoms with Crippen LogP contribution in [-0.2, 0) is 20.9 Å². The number of hydrogen-bond donors (Lipinski definition) is 2. The number of nitrogens with zero attached hydrogens (tertiary/aromatic N) is 3. The topological polar surface area (TPSA) is 98.1 Å². The van der Waals surface area contributed by atoms with Crippen LogP contribution < -0.4 is 10.6 Å². The van der Waals surface area contributed by atoms with E-state index in [0.717, 1.165) is 5.56 Å². The Labute approximate surface area is 195 Å². The van der Waals surface area contributed by atoms with Crippen LogP contribution in [0.15, 0.2) is 53.7 Å². The summed E-state index contributed by atoms with van der Waals surface area (Å²) in [5.74, 6) is 0.362. The van der Waals surface area contributed by atoms with Gasteiger partial charge in [-0.15, -0.1) is 10.2 Å². The number of hydrogen-bond acceptors (Lipinski definition) is 6. The van der Waals surface area contributed by atoms with Crippen molar-refractivity contribution in [3.05, 3.63) is 53.6 Å². The fourth-order valence-corrected chi connectivity index (χ4v) is 3.87. The van der Waals surface area contributed by atoms with Crippen LogP contribution in [0, 0.1) is 0 Å². The van der Waals surface area contributed by atoms with Crippen molar-refractivity contribution in [3.8, 4) is 11.4 Å². The zero-order chi connectivity index (χ0) is 23.1. The number of carbonyl (C=O) groups excluding carboxylic acids is 2. The zero-order valence-corrected chi connectivity index (χ0v) is 19.5. The number of benzene rings is 2. The van der Waals surface area contributed by atoms with Crippen LogP contribution >= 0.6 is 23.4 Å². The zero-order valence-electron chi connectivity index (χ0n) is 18.0. The Hall–Kier alpha value is -2.88. The van der Waals surface area contributed by atoms with E-state index in [1.807, 2.05) is 23.6 Å². The number of anilines is 2. The van der Waals surface area contributed by atoms with Crippen molar-refractivity contribution < 1.29 is 14.3 Å². The van der Waals surface area contributed by atoms with Gasteiger partial charge >= 0.3 is 0 Å². The van der Waals surface area contributed by atoms with Crippen LogP contribution in [0.1, 0.15) is 13.8 Å². The molecule has 0 radical (unpaired) electrons. The number of ether oxygens (including phenoxy) is 1. The van der Waals surface area contributed by atoms with Gasteiger partial charge in [0.15, 0.2) is 11.0 Å². The van der Waals surface area contributed by atoms with E-state index in [2.05, 4.69) is 20.8 Å². The summed E-state index contributed by atoms with van der Waals surface area (Å²) in [7, 11) is 1.63. The third-order valence-electron chi connectivity index (χ3n) is 4.46. The van der Waals surface area contributed by atoms with Crippen molar-refractivity contribution in [2.45, 2.75) is 30.8 Å². The molecular weight excluding hydrogens is 450 g/mol. The standard InChI is InChI=1S/C22H24ClN5O3S/c1-14(21(30)25-19-10-8-18(9-11-19)24-15(2)29)32-22-27-26-20(28(22)12-13-31-3)16-4-6-17(23)7-5-16/h4-11,14H,12-13H2,1-3H3,(H,24,29)(H,25,30)/t14-/m0/s1. The molecule has 168 valence electrons. The maximum absolute atomic E-state index is 12.7. The molecule has 0 spiro atoms. The van der Waals surface area contributed by atoms with Crippen molar-refractivity contribution >= 4 is 46.6 Å². The molecule has 1 aromatic heterocycles. The minimum absolute atomic E-state index is 0.151. The molecule has 1 heterocycles. The molecule has 2 aromatic carbocycles. The van der Waals surface area contributed by atoms with Gasteiger partial charge in [0.25, 0.3) is 0 Å². The predicted octanol–water partition coefficient (Wildman–Crippen LogP) is 4.32. The molecule has 3 aromatic rings. The average molecular weight is 474 g/mol. The van der Waals surface area contributed by atoms with Crippen LogP contribution in [0.3, 0.4) is 0 Å². The monoisotopic (exact) mass is 473 g/mol. The summed E-state index contributed by atoms with van der Waals surface area (Å²) < 4.78 is 7.17. The first-order chi connectivity index (χ1) is 15.4. The maximum Gasteiger partial charge on any atom is 0.237 e. The molecule has 0 aliphatic rings. The molecule has 0 aliphatic carbocycles. The van der Waals surface area contributed by atoms with Gasteiger partial charge in [-0.1, -0.05) is 23.4 Å². The summed E-state index contributed by atoms with van der Waals surface area (Å²) in [6, 6.07) is 14.3. The number of amides is 2. The Morgan fingerprint density at radius 1 is 1.06 bits per heavy atom. The van der Waals surface area contributed by atoms with Crippen molar-refractivity contribution in [2.75, 3.05) is 24.4 Å². The Balaban J connectivity index is 1.71. The lowest BCUT2D eigenvalue weighted by atomic mass is 10.2. The number of halogens is 1. The highest BCUT2D eigenvalue weighted by atomic mass is 35.5. The number of carbonyl (C=O) groups is 2. The summed E-state index contributed by atoms with van der Waals surface area (Å²) >= 11 is 7.32. The van der Waals surface area contributed by atoms with Gasteiger partial charge in [0.1, 0.15) is 0 Å². The lowest BCUT2D eigenvalue weighted by Crippen LogP contribution is -2.23. The van der Waals surface area contributed by atoms with Crippen LogP contribution in [0.5, 0.6) is 0 Å². The molecule has 0 unspecified atom stereocenters. The molecular formula is C22H24ClN5O3S. The lowest BCUT2D eigenvalue weighted by molar-refractivity contribution is -0.115. The SMILES string of the molecule is COCCn1c(S[C@@H](C)C(=O)Nc2ccc(NC(C)=O)cc2)nnc1-c1ccc(Cl)cc1. The molecule has 32 heavy (non-hydrogen) atoms. The minimum atomic E-state index is -0.423.